The van der Waals surface area contributed by atoms with Crippen LogP contribution < -0.4 is 5.48 Å². The van der Waals surface area contributed by atoms with E-state index in [0.29, 0.717) is 26.2 Å². The second kappa shape index (κ2) is 9.43. The number of hydrogen-bond donors (Lipinski definition) is 1. The molecule has 0 bridgehead atoms. The monoisotopic (exact) mass is 491 g/mol. The van der Waals surface area contributed by atoms with E-state index in [1.54, 1.807) is 0 Å². The van der Waals surface area contributed by atoms with Crippen molar-refractivity contribution < 1.29 is 58.6 Å². The fraction of sp³-hybridized carbons (Fsp3) is 1.00. The van der Waals surface area contributed by atoms with Gasteiger partial charge in [-0.25, -0.2) is 0 Å². The molecule has 0 aromatic rings. The van der Waals surface area contributed by atoms with Crippen molar-refractivity contribution in [2.24, 2.45) is 10.8 Å². The van der Waals surface area contributed by atoms with E-state index in [2.05, 4.69) is 10.2 Å². The molecule has 1 N–H and O–H groups in total. The lowest BCUT2D eigenvalue weighted by atomic mass is 9.72. The van der Waals surface area contributed by atoms with E-state index in [0.717, 1.165) is 6.92 Å². The Balaban J connectivity index is 1.60. The smallest absolute Gasteiger partial charge is 0.379 e. The molecule has 2 aliphatic heterocycles. The van der Waals surface area contributed by atoms with E-state index in [1.807, 2.05) is 0 Å². The van der Waals surface area contributed by atoms with Crippen molar-refractivity contribution >= 4 is 0 Å². The Bertz CT molecular complexity index is 627. The standard InChI is InChI=1S/C18H26F9NO4/c1-10-14(2,17(22,23)24)13(31-10)28-30-8-6-4-5-7-29-9-11-15(3,18(25,26)27)12(32-11)16(19,20)21/h10-13,28H,4-9H2,1-3H3. The van der Waals surface area contributed by atoms with Crippen LogP contribution in [0.5, 0.6) is 0 Å². The minimum atomic E-state index is -5.14. The number of halogens is 9. The van der Waals surface area contributed by atoms with Crippen molar-refractivity contribution in [3.8, 4) is 0 Å². The highest BCUT2D eigenvalue weighted by Gasteiger charge is 2.75. The minimum Gasteiger partial charge on any atom is -0.379 e. The molecule has 190 valence electrons. The molecule has 0 aromatic heterocycles. The number of rotatable bonds is 10. The number of hydroxylamine groups is 1. The lowest BCUT2D eigenvalue weighted by Crippen LogP contribution is -2.71. The lowest BCUT2D eigenvalue weighted by Gasteiger charge is -2.53. The van der Waals surface area contributed by atoms with Gasteiger partial charge >= 0.3 is 18.5 Å². The maximum Gasteiger partial charge on any atom is 0.415 e. The van der Waals surface area contributed by atoms with Gasteiger partial charge in [0.1, 0.15) is 17.1 Å². The molecule has 0 amide bonds. The van der Waals surface area contributed by atoms with Crippen LogP contribution >= 0.6 is 0 Å². The topological polar surface area (TPSA) is 49.0 Å². The normalized spacial score (nSPS) is 36.0. The minimum absolute atomic E-state index is 0.0205. The predicted octanol–water partition coefficient (Wildman–Crippen LogP) is 4.91. The van der Waals surface area contributed by atoms with Crippen molar-refractivity contribution in [2.45, 2.75) is 83.1 Å². The summed E-state index contributed by atoms with van der Waals surface area (Å²) in [5, 5.41) is 0. The maximum atomic E-state index is 13.2. The van der Waals surface area contributed by atoms with E-state index in [9.17, 15) is 39.5 Å². The summed E-state index contributed by atoms with van der Waals surface area (Å²) in [7, 11) is 0. The fourth-order valence-corrected chi connectivity index (χ4v) is 3.54. The van der Waals surface area contributed by atoms with Gasteiger partial charge in [-0.1, -0.05) is 0 Å². The molecule has 2 heterocycles. The molecule has 2 aliphatic rings. The van der Waals surface area contributed by atoms with Crippen molar-refractivity contribution in [1.82, 2.24) is 5.48 Å². The van der Waals surface area contributed by atoms with Crippen LogP contribution in [0.15, 0.2) is 0 Å². The summed E-state index contributed by atoms with van der Waals surface area (Å²) in [5.74, 6) is 0. The molecule has 2 rings (SSSR count). The average molecular weight is 491 g/mol. The zero-order valence-corrected chi connectivity index (χ0v) is 17.6. The molecule has 6 atom stereocenters. The zero-order valence-electron chi connectivity index (χ0n) is 17.6. The van der Waals surface area contributed by atoms with Crippen molar-refractivity contribution in [2.75, 3.05) is 19.8 Å². The number of ether oxygens (including phenoxy) is 3. The number of hydrogen-bond acceptors (Lipinski definition) is 5. The molecular formula is C18H26F9NO4. The van der Waals surface area contributed by atoms with Crippen LogP contribution in [0.3, 0.4) is 0 Å². The largest absolute Gasteiger partial charge is 0.415 e. The first-order valence-electron chi connectivity index (χ1n) is 9.93. The molecule has 0 spiro atoms. The third-order valence-corrected chi connectivity index (χ3v) is 6.26. The first-order chi connectivity index (χ1) is 14.5. The summed E-state index contributed by atoms with van der Waals surface area (Å²) in [6.07, 6.45) is -20.6. The van der Waals surface area contributed by atoms with Crippen LogP contribution in [0.2, 0.25) is 0 Å². The maximum absolute atomic E-state index is 13.2. The molecule has 32 heavy (non-hydrogen) atoms. The first kappa shape index (κ1) is 27.4. The van der Waals surface area contributed by atoms with E-state index >= 15 is 0 Å². The number of alkyl halides is 9. The summed E-state index contributed by atoms with van der Waals surface area (Å²) in [6.45, 7) is 2.17. The number of unbranched alkanes of at least 4 members (excludes halogenated alkanes) is 2. The van der Waals surface area contributed by atoms with E-state index in [4.69, 9.17) is 14.3 Å². The van der Waals surface area contributed by atoms with Gasteiger partial charge in [0.25, 0.3) is 0 Å². The van der Waals surface area contributed by atoms with Gasteiger partial charge in [-0.05, 0) is 40.0 Å². The third-order valence-electron chi connectivity index (χ3n) is 6.26. The van der Waals surface area contributed by atoms with Gasteiger partial charge in [-0.15, -0.1) is 0 Å². The first-order valence-corrected chi connectivity index (χ1v) is 9.93. The van der Waals surface area contributed by atoms with Crippen molar-refractivity contribution in [3.05, 3.63) is 0 Å². The second-order valence-electron chi connectivity index (χ2n) is 8.37. The van der Waals surface area contributed by atoms with Crippen molar-refractivity contribution in [1.29, 1.82) is 0 Å². The molecule has 2 saturated heterocycles. The van der Waals surface area contributed by atoms with Crippen LogP contribution in [0.4, 0.5) is 39.5 Å². The van der Waals surface area contributed by atoms with E-state index in [-0.39, 0.29) is 13.2 Å². The van der Waals surface area contributed by atoms with Gasteiger partial charge in [-0.3, -0.25) is 4.84 Å². The predicted molar refractivity (Wildman–Crippen MR) is 91.1 cm³/mol. The summed E-state index contributed by atoms with van der Waals surface area (Å²) in [6, 6.07) is 0. The highest BCUT2D eigenvalue weighted by molar-refractivity contribution is 5.07. The Morgan fingerprint density at radius 1 is 0.812 bits per heavy atom. The molecule has 0 aliphatic carbocycles. The second-order valence-corrected chi connectivity index (χ2v) is 8.37. The molecule has 14 heteroatoms. The average Bonchev–Trinajstić information content (AvgIpc) is 2.63. The molecular weight excluding hydrogens is 465 g/mol. The SMILES string of the molecule is CC1OC(NOCCCCCOCC2OC(C(F)(F)F)C2(C)C(F)(F)F)C1(C)C(F)(F)F. The Morgan fingerprint density at radius 3 is 1.88 bits per heavy atom. The van der Waals surface area contributed by atoms with E-state index in [1.165, 1.54) is 6.92 Å². The van der Waals surface area contributed by atoms with Crippen LogP contribution in [0.25, 0.3) is 0 Å². The highest BCUT2D eigenvalue weighted by atomic mass is 19.4. The Morgan fingerprint density at radius 2 is 1.38 bits per heavy atom. The van der Waals surface area contributed by atoms with Gasteiger partial charge in [-0.2, -0.15) is 45.0 Å². The van der Waals surface area contributed by atoms with E-state index < -0.39 is 60.5 Å². The van der Waals surface area contributed by atoms with Gasteiger partial charge in [0.2, 0.25) is 0 Å². The molecule has 0 radical (unpaired) electrons. The molecule has 0 aromatic carbocycles. The quantitative estimate of drug-likeness (QED) is 0.268. The molecule has 0 saturated carbocycles. The van der Waals surface area contributed by atoms with Crippen LogP contribution in [0, 0.1) is 10.8 Å². The third kappa shape index (κ3) is 5.13. The summed E-state index contributed by atoms with van der Waals surface area (Å²) in [5.41, 5.74) is -2.94. The summed E-state index contributed by atoms with van der Waals surface area (Å²) in [4.78, 5) is 4.99. The Labute approximate surface area is 178 Å². The lowest BCUT2D eigenvalue weighted by molar-refractivity contribution is -0.425. The summed E-state index contributed by atoms with van der Waals surface area (Å²) < 4.78 is 131. The molecule has 2 fully saturated rings. The summed E-state index contributed by atoms with van der Waals surface area (Å²) >= 11 is 0. The molecule has 6 unspecified atom stereocenters. The van der Waals surface area contributed by atoms with Crippen LogP contribution in [-0.2, 0) is 19.0 Å². The van der Waals surface area contributed by atoms with Gasteiger partial charge < -0.3 is 14.2 Å². The van der Waals surface area contributed by atoms with Crippen molar-refractivity contribution in [3.63, 3.8) is 0 Å². The zero-order chi connectivity index (χ0) is 24.6. The number of nitrogens with one attached hydrogen (secondary N) is 1. The van der Waals surface area contributed by atoms with Gasteiger partial charge in [0.15, 0.2) is 6.10 Å². The fourth-order valence-electron chi connectivity index (χ4n) is 3.54. The van der Waals surface area contributed by atoms with Gasteiger partial charge in [0, 0.05) is 6.61 Å². The Hall–Kier alpha value is -0.830. The van der Waals surface area contributed by atoms with Gasteiger partial charge in [0.05, 0.1) is 25.4 Å². The Kier molecular flexibility index (Phi) is 8.08. The van der Waals surface area contributed by atoms with Crippen LogP contribution in [0.1, 0.15) is 40.0 Å². The highest BCUT2D eigenvalue weighted by Crippen LogP contribution is 2.57. The van der Waals surface area contributed by atoms with Crippen LogP contribution in [-0.4, -0.2) is 62.9 Å². The molecule has 5 nitrogen and oxygen atoms in total.